The third-order valence-electron chi connectivity index (χ3n) is 2.98. The van der Waals surface area contributed by atoms with Gasteiger partial charge < -0.3 is 4.74 Å². The molecule has 0 radical (unpaired) electrons. The molecule has 100 valence electrons. The molecule has 1 aliphatic rings. The number of hydrogen-bond acceptors (Lipinski definition) is 2. The first-order chi connectivity index (χ1) is 8.58. The van der Waals surface area contributed by atoms with Crippen molar-refractivity contribution in [2.45, 2.75) is 25.7 Å². The monoisotopic (exact) mass is 307 g/mol. The molecule has 2 nitrogen and oxygen atoms in total. The van der Waals surface area contributed by atoms with Crippen LogP contribution in [0.2, 0.25) is 10.0 Å². The summed E-state index contributed by atoms with van der Waals surface area (Å²) in [6.07, 6.45) is 0.286. The van der Waals surface area contributed by atoms with Gasteiger partial charge in [-0.3, -0.25) is 4.90 Å². The van der Waals surface area contributed by atoms with Crippen LogP contribution in [0.4, 0.5) is 0 Å². The van der Waals surface area contributed by atoms with Crippen molar-refractivity contribution in [1.82, 2.24) is 4.90 Å². The van der Waals surface area contributed by atoms with E-state index in [0.29, 0.717) is 10.9 Å². The molecule has 2 atom stereocenters. The van der Waals surface area contributed by atoms with Gasteiger partial charge in [-0.1, -0.05) is 23.2 Å². The highest BCUT2D eigenvalue weighted by Crippen LogP contribution is 2.23. The topological polar surface area (TPSA) is 12.5 Å². The normalized spacial score (nSPS) is 25.3. The lowest BCUT2D eigenvalue weighted by Gasteiger charge is -2.36. The molecule has 1 aromatic rings. The van der Waals surface area contributed by atoms with Crippen molar-refractivity contribution in [2.75, 3.05) is 19.0 Å². The summed E-state index contributed by atoms with van der Waals surface area (Å²) in [7, 11) is 0. The van der Waals surface area contributed by atoms with Crippen LogP contribution in [0.15, 0.2) is 18.2 Å². The molecule has 1 aliphatic heterocycles. The Morgan fingerprint density at radius 1 is 1.33 bits per heavy atom. The highest BCUT2D eigenvalue weighted by molar-refractivity contribution is 6.33. The van der Waals surface area contributed by atoms with E-state index in [1.54, 1.807) is 6.07 Å². The number of alkyl halides is 1. The minimum atomic E-state index is 0.0911. The van der Waals surface area contributed by atoms with Gasteiger partial charge in [0.05, 0.1) is 12.2 Å². The second-order valence-corrected chi connectivity index (χ2v) is 5.81. The second-order valence-electron chi connectivity index (χ2n) is 4.65. The average molecular weight is 309 g/mol. The first-order valence-corrected chi connectivity index (χ1v) is 7.25. The van der Waals surface area contributed by atoms with E-state index >= 15 is 0 Å². The third kappa shape index (κ3) is 3.75. The summed E-state index contributed by atoms with van der Waals surface area (Å²) in [5, 5.41) is 1.46. The zero-order valence-corrected chi connectivity index (χ0v) is 12.5. The minimum Gasteiger partial charge on any atom is -0.371 e. The van der Waals surface area contributed by atoms with Crippen LogP contribution < -0.4 is 0 Å². The van der Waals surface area contributed by atoms with Gasteiger partial charge in [-0.2, -0.15) is 0 Å². The second kappa shape index (κ2) is 6.44. The zero-order valence-electron chi connectivity index (χ0n) is 10.2. The highest BCUT2D eigenvalue weighted by atomic mass is 35.5. The Hall–Kier alpha value is 0.01000. The van der Waals surface area contributed by atoms with Crippen molar-refractivity contribution in [3.05, 3.63) is 33.8 Å². The van der Waals surface area contributed by atoms with Crippen molar-refractivity contribution in [3.8, 4) is 0 Å². The Kier molecular flexibility index (Phi) is 5.16. The van der Waals surface area contributed by atoms with E-state index in [2.05, 4.69) is 11.8 Å². The van der Waals surface area contributed by atoms with E-state index in [-0.39, 0.29) is 12.2 Å². The summed E-state index contributed by atoms with van der Waals surface area (Å²) in [6, 6.07) is 5.55. The molecular weight excluding hydrogens is 293 g/mol. The number of rotatable bonds is 3. The Labute approximate surface area is 123 Å². The molecule has 1 heterocycles. The van der Waals surface area contributed by atoms with Crippen LogP contribution in [0.25, 0.3) is 0 Å². The summed E-state index contributed by atoms with van der Waals surface area (Å²) in [6.45, 7) is 4.55. The number of hydrogen-bond donors (Lipinski definition) is 0. The molecule has 1 aromatic carbocycles. The van der Waals surface area contributed by atoms with Crippen molar-refractivity contribution in [3.63, 3.8) is 0 Å². The molecule has 18 heavy (non-hydrogen) atoms. The molecule has 0 aliphatic carbocycles. The van der Waals surface area contributed by atoms with E-state index in [1.807, 2.05) is 12.1 Å². The van der Waals surface area contributed by atoms with Gasteiger partial charge in [0.2, 0.25) is 0 Å². The lowest BCUT2D eigenvalue weighted by atomic mass is 10.1. The van der Waals surface area contributed by atoms with Crippen LogP contribution in [-0.4, -0.2) is 36.1 Å². The van der Waals surface area contributed by atoms with Gasteiger partial charge >= 0.3 is 0 Å². The van der Waals surface area contributed by atoms with E-state index < -0.39 is 0 Å². The third-order valence-corrected chi connectivity index (χ3v) is 3.92. The summed E-state index contributed by atoms with van der Waals surface area (Å²) >= 11 is 18.0. The number of nitrogens with zero attached hydrogens (tertiary/aromatic N) is 1. The molecule has 0 bridgehead atoms. The van der Waals surface area contributed by atoms with Gasteiger partial charge in [-0.05, 0) is 30.7 Å². The number of halogens is 3. The largest absolute Gasteiger partial charge is 0.371 e. The van der Waals surface area contributed by atoms with Crippen LogP contribution in [0, 0.1) is 0 Å². The molecule has 0 aromatic heterocycles. The highest BCUT2D eigenvalue weighted by Gasteiger charge is 2.24. The van der Waals surface area contributed by atoms with Gasteiger partial charge in [-0.15, -0.1) is 11.6 Å². The SMILES string of the molecule is CC1CN(Cc2cc(Cl)ccc2Cl)CC(CCl)O1. The Balaban J connectivity index is 2.06. The van der Waals surface area contributed by atoms with Crippen LogP contribution in [0.3, 0.4) is 0 Å². The van der Waals surface area contributed by atoms with Crippen LogP contribution in [-0.2, 0) is 11.3 Å². The van der Waals surface area contributed by atoms with Crippen molar-refractivity contribution in [1.29, 1.82) is 0 Å². The number of morpholine rings is 1. The first kappa shape index (κ1) is 14.4. The van der Waals surface area contributed by atoms with Gasteiger partial charge in [0, 0.05) is 35.6 Å². The molecule has 2 unspecified atom stereocenters. The summed E-state index contributed by atoms with van der Waals surface area (Å²) in [5.74, 6) is 0.518. The Morgan fingerprint density at radius 3 is 2.83 bits per heavy atom. The molecule has 1 saturated heterocycles. The molecule has 5 heteroatoms. The van der Waals surface area contributed by atoms with Crippen LogP contribution in [0.5, 0.6) is 0 Å². The molecule has 0 spiro atoms. The molecule has 2 rings (SSSR count). The minimum absolute atomic E-state index is 0.0911. The fourth-order valence-electron chi connectivity index (χ4n) is 2.26. The van der Waals surface area contributed by atoms with Gasteiger partial charge in [0.25, 0.3) is 0 Å². The van der Waals surface area contributed by atoms with E-state index in [1.165, 1.54) is 0 Å². The lowest BCUT2D eigenvalue weighted by molar-refractivity contribution is -0.0688. The fourth-order valence-corrected chi connectivity index (χ4v) is 2.80. The lowest BCUT2D eigenvalue weighted by Crippen LogP contribution is -2.46. The van der Waals surface area contributed by atoms with E-state index in [0.717, 1.165) is 30.2 Å². The predicted molar refractivity (Wildman–Crippen MR) is 76.8 cm³/mol. The predicted octanol–water partition coefficient (Wildman–Crippen LogP) is 3.82. The maximum Gasteiger partial charge on any atom is 0.0841 e. The van der Waals surface area contributed by atoms with E-state index in [4.69, 9.17) is 39.5 Å². The van der Waals surface area contributed by atoms with Crippen LogP contribution >= 0.6 is 34.8 Å². The van der Waals surface area contributed by atoms with Crippen molar-refractivity contribution in [2.24, 2.45) is 0 Å². The maximum atomic E-state index is 6.18. The smallest absolute Gasteiger partial charge is 0.0841 e. The maximum absolute atomic E-state index is 6.18. The quantitative estimate of drug-likeness (QED) is 0.787. The molecule has 0 N–H and O–H groups in total. The standard InChI is InChI=1S/C13H16Cl3NO/c1-9-6-17(8-12(5-14)18-9)7-10-4-11(15)2-3-13(10)16/h2-4,9,12H,5-8H2,1H3. The fraction of sp³-hybridized carbons (Fsp3) is 0.538. The van der Waals surface area contributed by atoms with Gasteiger partial charge in [0.15, 0.2) is 0 Å². The molecular formula is C13H16Cl3NO. The van der Waals surface area contributed by atoms with Gasteiger partial charge in [0.1, 0.15) is 0 Å². The average Bonchev–Trinajstić information content (AvgIpc) is 2.33. The van der Waals surface area contributed by atoms with Crippen LogP contribution in [0.1, 0.15) is 12.5 Å². The first-order valence-electron chi connectivity index (χ1n) is 5.96. The Bertz CT molecular complexity index is 413. The summed E-state index contributed by atoms with van der Waals surface area (Å²) in [4.78, 5) is 2.30. The zero-order chi connectivity index (χ0) is 13.1. The van der Waals surface area contributed by atoms with Crippen molar-refractivity contribution >= 4 is 34.8 Å². The number of ether oxygens (including phenoxy) is 1. The molecule has 1 fully saturated rings. The molecule has 0 amide bonds. The summed E-state index contributed by atoms with van der Waals surface area (Å²) < 4.78 is 5.72. The van der Waals surface area contributed by atoms with E-state index in [9.17, 15) is 0 Å². The molecule has 0 saturated carbocycles. The number of benzene rings is 1. The van der Waals surface area contributed by atoms with Gasteiger partial charge in [-0.25, -0.2) is 0 Å². The summed E-state index contributed by atoms with van der Waals surface area (Å²) in [5.41, 5.74) is 1.05. The Morgan fingerprint density at radius 2 is 2.11 bits per heavy atom. The van der Waals surface area contributed by atoms with Crippen molar-refractivity contribution < 1.29 is 4.74 Å².